The summed E-state index contributed by atoms with van der Waals surface area (Å²) in [5.74, 6) is 0.366. The number of rotatable bonds is 4. The van der Waals surface area contributed by atoms with Crippen LogP contribution in [0.2, 0.25) is 0 Å². The molecule has 0 unspecified atom stereocenters. The average molecular weight is 200 g/mol. The van der Waals surface area contributed by atoms with Crippen LogP contribution in [0.3, 0.4) is 0 Å². The van der Waals surface area contributed by atoms with Crippen molar-refractivity contribution in [2.45, 2.75) is 39.2 Å². The predicted octanol–water partition coefficient (Wildman–Crippen LogP) is 0.832. The molecule has 4 heteroatoms. The third-order valence-electron chi connectivity index (χ3n) is 2.22. The van der Waals surface area contributed by atoms with E-state index in [0.29, 0.717) is 12.3 Å². The van der Waals surface area contributed by atoms with Crippen molar-refractivity contribution in [3.8, 4) is 0 Å². The molecule has 0 aromatic heterocycles. The molecule has 4 nitrogen and oxygen atoms in total. The van der Waals surface area contributed by atoms with Gasteiger partial charge < -0.3 is 5.32 Å². The molecule has 0 saturated carbocycles. The van der Waals surface area contributed by atoms with E-state index in [1.54, 1.807) is 0 Å². The topological polar surface area (TPSA) is 50.4 Å². The number of hydroxylamine groups is 1. The van der Waals surface area contributed by atoms with Crippen molar-refractivity contribution in [2.24, 2.45) is 5.92 Å². The summed E-state index contributed by atoms with van der Waals surface area (Å²) in [5.41, 5.74) is 2.52. The molecule has 0 aromatic carbocycles. The van der Waals surface area contributed by atoms with Crippen LogP contribution in [0, 0.1) is 5.92 Å². The van der Waals surface area contributed by atoms with E-state index in [2.05, 4.69) is 10.8 Å². The van der Waals surface area contributed by atoms with E-state index in [1.165, 1.54) is 0 Å². The SMILES string of the molecule is CC(C)CC(=O)NOC1CCNCC1. The van der Waals surface area contributed by atoms with Gasteiger partial charge in [-0.2, -0.15) is 0 Å². The summed E-state index contributed by atoms with van der Waals surface area (Å²) < 4.78 is 0. The van der Waals surface area contributed by atoms with E-state index in [-0.39, 0.29) is 12.0 Å². The van der Waals surface area contributed by atoms with Crippen molar-refractivity contribution in [1.82, 2.24) is 10.8 Å². The van der Waals surface area contributed by atoms with E-state index in [9.17, 15) is 4.79 Å². The van der Waals surface area contributed by atoms with E-state index in [4.69, 9.17) is 4.84 Å². The van der Waals surface area contributed by atoms with Gasteiger partial charge in [-0.05, 0) is 31.8 Å². The number of carbonyl (C=O) groups is 1. The molecule has 1 aliphatic rings. The van der Waals surface area contributed by atoms with Crippen LogP contribution >= 0.6 is 0 Å². The van der Waals surface area contributed by atoms with Crippen LogP contribution in [0.15, 0.2) is 0 Å². The van der Waals surface area contributed by atoms with Gasteiger partial charge in [0.2, 0.25) is 5.91 Å². The summed E-state index contributed by atoms with van der Waals surface area (Å²) in [5, 5.41) is 3.24. The lowest BCUT2D eigenvalue weighted by Crippen LogP contribution is -2.37. The lowest BCUT2D eigenvalue weighted by Gasteiger charge is -2.22. The first kappa shape index (κ1) is 11.5. The molecule has 1 fully saturated rings. The first-order valence-corrected chi connectivity index (χ1v) is 5.33. The predicted molar refractivity (Wildman–Crippen MR) is 54.6 cm³/mol. The van der Waals surface area contributed by atoms with Crippen LogP contribution in [-0.2, 0) is 9.63 Å². The molecule has 14 heavy (non-hydrogen) atoms. The normalized spacial score (nSPS) is 18.5. The fourth-order valence-electron chi connectivity index (χ4n) is 1.47. The van der Waals surface area contributed by atoms with E-state index in [0.717, 1.165) is 25.9 Å². The molecule has 0 aliphatic carbocycles. The highest BCUT2D eigenvalue weighted by Crippen LogP contribution is 2.06. The molecule has 0 atom stereocenters. The number of hydrogen-bond donors (Lipinski definition) is 2. The summed E-state index contributed by atoms with van der Waals surface area (Å²) in [6.45, 7) is 5.99. The Morgan fingerprint density at radius 1 is 1.50 bits per heavy atom. The second-order valence-electron chi connectivity index (χ2n) is 4.19. The molecule has 0 bridgehead atoms. The highest BCUT2D eigenvalue weighted by atomic mass is 16.7. The Labute approximate surface area is 85.3 Å². The third-order valence-corrected chi connectivity index (χ3v) is 2.22. The molecule has 1 aliphatic heterocycles. The third kappa shape index (κ3) is 4.58. The summed E-state index contributed by atoms with van der Waals surface area (Å²) in [7, 11) is 0. The molecule has 0 spiro atoms. The molecular weight excluding hydrogens is 180 g/mol. The van der Waals surface area contributed by atoms with Crippen molar-refractivity contribution < 1.29 is 9.63 Å². The minimum Gasteiger partial charge on any atom is -0.317 e. The summed E-state index contributed by atoms with van der Waals surface area (Å²) in [6.07, 6.45) is 2.67. The second kappa shape index (κ2) is 5.98. The van der Waals surface area contributed by atoms with Gasteiger partial charge in [-0.15, -0.1) is 0 Å². The van der Waals surface area contributed by atoms with Gasteiger partial charge >= 0.3 is 0 Å². The van der Waals surface area contributed by atoms with Crippen molar-refractivity contribution in [1.29, 1.82) is 0 Å². The summed E-state index contributed by atoms with van der Waals surface area (Å²) in [6, 6.07) is 0. The zero-order valence-electron chi connectivity index (χ0n) is 9.01. The van der Waals surface area contributed by atoms with Crippen molar-refractivity contribution in [3.05, 3.63) is 0 Å². The first-order valence-electron chi connectivity index (χ1n) is 5.33. The fourth-order valence-corrected chi connectivity index (χ4v) is 1.47. The largest absolute Gasteiger partial charge is 0.317 e. The van der Waals surface area contributed by atoms with Crippen LogP contribution in [0.5, 0.6) is 0 Å². The molecule has 1 rings (SSSR count). The Kier molecular flexibility index (Phi) is 4.90. The number of amides is 1. The van der Waals surface area contributed by atoms with Crippen LogP contribution < -0.4 is 10.8 Å². The highest BCUT2D eigenvalue weighted by Gasteiger charge is 2.14. The fraction of sp³-hybridized carbons (Fsp3) is 0.900. The Morgan fingerprint density at radius 2 is 2.14 bits per heavy atom. The number of hydrogen-bond acceptors (Lipinski definition) is 3. The summed E-state index contributed by atoms with van der Waals surface area (Å²) in [4.78, 5) is 16.6. The maximum atomic E-state index is 11.2. The van der Waals surface area contributed by atoms with Crippen LogP contribution in [-0.4, -0.2) is 25.1 Å². The Hall–Kier alpha value is -0.610. The number of nitrogens with one attached hydrogen (secondary N) is 2. The van der Waals surface area contributed by atoms with Crippen molar-refractivity contribution >= 4 is 5.91 Å². The smallest absolute Gasteiger partial charge is 0.243 e. The van der Waals surface area contributed by atoms with Gasteiger partial charge in [-0.3, -0.25) is 9.63 Å². The molecule has 82 valence electrons. The quantitative estimate of drug-likeness (QED) is 0.661. The van der Waals surface area contributed by atoms with Crippen LogP contribution in [0.25, 0.3) is 0 Å². The standard InChI is InChI=1S/C10H20N2O2/c1-8(2)7-10(13)12-14-9-3-5-11-6-4-9/h8-9,11H,3-7H2,1-2H3,(H,12,13). The zero-order chi connectivity index (χ0) is 10.4. The minimum atomic E-state index is -0.0152. The highest BCUT2D eigenvalue weighted by molar-refractivity contribution is 5.74. The maximum absolute atomic E-state index is 11.2. The minimum absolute atomic E-state index is 0.0152. The lowest BCUT2D eigenvalue weighted by atomic mass is 10.1. The molecule has 1 heterocycles. The average Bonchev–Trinajstić information content (AvgIpc) is 2.15. The van der Waals surface area contributed by atoms with E-state index >= 15 is 0 Å². The van der Waals surface area contributed by atoms with Gasteiger partial charge in [0.15, 0.2) is 0 Å². The zero-order valence-corrected chi connectivity index (χ0v) is 9.01. The van der Waals surface area contributed by atoms with Gasteiger partial charge in [-0.1, -0.05) is 13.8 Å². The molecule has 2 N–H and O–H groups in total. The van der Waals surface area contributed by atoms with Gasteiger partial charge in [0.25, 0.3) is 0 Å². The van der Waals surface area contributed by atoms with Gasteiger partial charge in [0.1, 0.15) is 0 Å². The number of carbonyl (C=O) groups excluding carboxylic acids is 1. The van der Waals surface area contributed by atoms with E-state index < -0.39 is 0 Å². The molecule has 0 aromatic rings. The number of piperidine rings is 1. The lowest BCUT2D eigenvalue weighted by molar-refractivity contribution is -0.140. The van der Waals surface area contributed by atoms with Gasteiger partial charge in [0.05, 0.1) is 6.10 Å². The van der Waals surface area contributed by atoms with Crippen LogP contribution in [0.4, 0.5) is 0 Å². The van der Waals surface area contributed by atoms with Crippen LogP contribution in [0.1, 0.15) is 33.1 Å². The van der Waals surface area contributed by atoms with E-state index in [1.807, 2.05) is 13.8 Å². The Bertz CT molecular complexity index is 177. The monoisotopic (exact) mass is 200 g/mol. The van der Waals surface area contributed by atoms with Crippen molar-refractivity contribution in [3.63, 3.8) is 0 Å². The Balaban J connectivity index is 2.09. The first-order chi connectivity index (χ1) is 6.68. The second-order valence-corrected chi connectivity index (χ2v) is 4.19. The summed E-state index contributed by atoms with van der Waals surface area (Å²) >= 11 is 0. The van der Waals surface area contributed by atoms with Crippen molar-refractivity contribution in [2.75, 3.05) is 13.1 Å². The maximum Gasteiger partial charge on any atom is 0.243 e. The molecular formula is C10H20N2O2. The Morgan fingerprint density at radius 3 is 2.71 bits per heavy atom. The molecule has 1 saturated heterocycles. The molecule has 0 radical (unpaired) electrons. The molecule has 1 amide bonds. The van der Waals surface area contributed by atoms with Gasteiger partial charge in [-0.25, -0.2) is 5.48 Å². The van der Waals surface area contributed by atoms with Gasteiger partial charge in [0, 0.05) is 6.42 Å².